The van der Waals surface area contributed by atoms with Crippen LogP contribution in [0.1, 0.15) is 0 Å². The number of hydrogen-bond donors (Lipinski definition) is 0. The standard InChI is InChI=1S/C8H16BrN2.BrH/c9-1-5-11-6-2-10(3-7-11)4-8-11;/h1-8H2;1H/q+1;/p-1. The molecule has 3 aliphatic rings. The molecule has 2 nitrogen and oxygen atoms in total. The van der Waals surface area contributed by atoms with Crippen LogP contribution in [0, 0.1) is 0 Å². The van der Waals surface area contributed by atoms with Crippen LogP contribution < -0.4 is 17.0 Å². The van der Waals surface area contributed by atoms with E-state index in [0.29, 0.717) is 0 Å². The summed E-state index contributed by atoms with van der Waals surface area (Å²) < 4.78 is 1.39. The van der Waals surface area contributed by atoms with E-state index in [0.717, 1.165) is 0 Å². The fraction of sp³-hybridized carbons (Fsp3) is 1.00. The van der Waals surface area contributed by atoms with Gasteiger partial charge in [0.15, 0.2) is 0 Å². The van der Waals surface area contributed by atoms with Crippen LogP contribution in [0.2, 0.25) is 0 Å². The van der Waals surface area contributed by atoms with Gasteiger partial charge in [0.1, 0.15) is 0 Å². The van der Waals surface area contributed by atoms with E-state index in [2.05, 4.69) is 20.8 Å². The molecule has 0 aromatic heterocycles. The number of fused-ring (bicyclic) bond motifs is 3. The molecule has 3 fully saturated rings. The van der Waals surface area contributed by atoms with Crippen LogP contribution in [-0.2, 0) is 0 Å². The fourth-order valence-corrected chi connectivity index (χ4v) is 3.00. The molecule has 12 heavy (non-hydrogen) atoms. The van der Waals surface area contributed by atoms with Crippen molar-refractivity contribution in [3.05, 3.63) is 0 Å². The monoisotopic (exact) mass is 298 g/mol. The van der Waals surface area contributed by atoms with E-state index < -0.39 is 0 Å². The highest BCUT2D eigenvalue weighted by molar-refractivity contribution is 9.09. The quantitative estimate of drug-likeness (QED) is 0.404. The van der Waals surface area contributed by atoms with Gasteiger partial charge in [0.05, 0.1) is 31.5 Å². The van der Waals surface area contributed by atoms with Gasteiger partial charge in [0, 0.05) is 19.6 Å². The van der Waals surface area contributed by atoms with Crippen molar-refractivity contribution in [2.24, 2.45) is 0 Å². The van der Waals surface area contributed by atoms with Gasteiger partial charge in [-0.3, -0.25) is 4.90 Å². The molecule has 3 rings (SSSR count). The molecule has 3 saturated heterocycles. The zero-order valence-electron chi connectivity index (χ0n) is 7.31. The number of rotatable bonds is 2. The maximum Gasteiger partial charge on any atom is 0.0916 e. The summed E-state index contributed by atoms with van der Waals surface area (Å²) in [5.41, 5.74) is 0. The summed E-state index contributed by atoms with van der Waals surface area (Å²) in [6.07, 6.45) is 0. The van der Waals surface area contributed by atoms with E-state index in [1.165, 1.54) is 55.6 Å². The summed E-state index contributed by atoms with van der Waals surface area (Å²) in [5, 5.41) is 1.17. The van der Waals surface area contributed by atoms with Gasteiger partial charge < -0.3 is 21.5 Å². The molecule has 0 amide bonds. The van der Waals surface area contributed by atoms with E-state index in [9.17, 15) is 0 Å². The molecule has 0 unspecified atom stereocenters. The lowest BCUT2D eigenvalue weighted by Gasteiger charge is -2.50. The van der Waals surface area contributed by atoms with Gasteiger partial charge in [-0.25, -0.2) is 0 Å². The Morgan fingerprint density at radius 3 is 2.00 bits per heavy atom. The Balaban J connectivity index is 0.000000720. The van der Waals surface area contributed by atoms with Crippen molar-refractivity contribution in [3.63, 3.8) is 0 Å². The molecule has 3 heterocycles. The lowest BCUT2D eigenvalue weighted by molar-refractivity contribution is -0.938. The molecule has 2 bridgehead atoms. The molecule has 72 valence electrons. The third kappa shape index (κ3) is 2.03. The largest absolute Gasteiger partial charge is 1.00 e. The van der Waals surface area contributed by atoms with Gasteiger partial charge >= 0.3 is 0 Å². The zero-order chi connectivity index (χ0) is 7.73. The minimum Gasteiger partial charge on any atom is -1.00 e. The number of alkyl halides is 1. The molecule has 0 aliphatic carbocycles. The Bertz CT molecular complexity index is 124. The van der Waals surface area contributed by atoms with Crippen molar-refractivity contribution in [2.45, 2.75) is 0 Å². The lowest BCUT2D eigenvalue weighted by atomic mass is 10.1. The SMILES string of the molecule is BrCC[N+]12CCN(CC1)CC2.[Br-]. The van der Waals surface area contributed by atoms with Crippen LogP contribution in [0.3, 0.4) is 0 Å². The Hall–Kier alpha value is 0.880. The van der Waals surface area contributed by atoms with Crippen LogP contribution >= 0.6 is 15.9 Å². The Morgan fingerprint density at radius 1 is 1.08 bits per heavy atom. The fourth-order valence-electron chi connectivity index (χ4n) is 2.25. The maximum absolute atomic E-state index is 3.55. The van der Waals surface area contributed by atoms with Crippen molar-refractivity contribution >= 4 is 15.9 Å². The predicted molar refractivity (Wildman–Crippen MR) is 50.0 cm³/mol. The van der Waals surface area contributed by atoms with E-state index >= 15 is 0 Å². The van der Waals surface area contributed by atoms with Gasteiger partial charge in [-0.2, -0.15) is 0 Å². The highest BCUT2D eigenvalue weighted by atomic mass is 79.9. The molecule has 0 radical (unpaired) electrons. The van der Waals surface area contributed by atoms with Crippen molar-refractivity contribution in [3.8, 4) is 0 Å². The van der Waals surface area contributed by atoms with Crippen LogP contribution in [0.5, 0.6) is 0 Å². The summed E-state index contributed by atoms with van der Waals surface area (Å²) in [5.74, 6) is 0. The van der Waals surface area contributed by atoms with E-state index in [1.807, 2.05) is 0 Å². The minimum absolute atomic E-state index is 0. The number of nitrogens with zero attached hydrogens (tertiary/aromatic N) is 2. The first-order valence-electron chi connectivity index (χ1n) is 4.48. The van der Waals surface area contributed by atoms with E-state index in [1.54, 1.807) is 0 Å². The second kappa shape index (κ2) is 4.40. The number of piperazine rings is 3. The second-order valence-corrected chi connectivity index (χ2v) is 4.56. The Labute approximate surface area is 93.4 Å². The predicted octanol–water partition coefficient (Wildman–Crippen LogP) is -2.47. The molecular weight excluding hydrogens is 284 g/mol. The third-order valence-electron chi connectivity index (χ3n) is 3.23. The van der Waals surface area contributed by atoms with Crippen LogP contribution in [0.25, 0.3) is 0 Å². The first-order valence-corrected chi connectivity index (χ1v) is 5.60. The molecule has 3 aliphatic heterocycles. The maximum atomic E-state index is 3.55. The lowest BCUT2D eigenvalue weighted by Crippen LogP contribution is -3.00. The smallest absolute Gasteiger partial charge is 0.0916 e. The molecule has 0 aromatic carbocycles. The van der Waals surface area contributed by atoms with Gasteiger partial charge in [-0.1, -0.05) is 15.9 Å². The van der Waals surface area contributed by atoms with Crippen LogP contribution in [0.4, 0.5) is 0 Å². The van der Waals surface area contributed by atoms with Crippen LogP contribution in [0.15, 0.2) is 0 Å². The summed E-state index contributed by atoms with van der Waals surface area (Å²) in [6.45, 7) is 9.55. The van der Waals surface area contributed by atoms with Crippen molar-refractivity contribution in [2.75, 3.05) is 51.1 Å². The summed E-state index contributed by atoms with van der Waals surface area (Å²) in [4.78, 5) is 2.59. The summed E-state index contributed by atoms with van der Waals surface area (Å²) in [7, 11) is 0. The molecular formula is C8H16Br2N2. The van der Waals surface area contributed by atoms with Gasteiger partial charge in [0.2, 0.25) is 0 Å². The third-order valence-corrected chi connectivity index (χ3v) is 3.59. The van der Waals surface area contributed by atoms with Gasteiger partial charge in [-0.15, -0.1) is 0 Å². The minimum atomic E-state index is 0. The van der Waals surface area contributed by atoms with E-state index in [4.69, 9.17) is 0 Å². The number of halogens is 2. The molecule has 4 heteroatoms. The first kappa shape index (κ1) is 11.0. The number of hydrogen-bond acceptors (Lipinski definition) is 1. The number of quaternary nitrogens is 1. The van der Waals surface area contributed by atoms with Crippen molar-refractivity contribution in [1.82, 2.24) is 4.90 Å². The zero-order valence-corrected chi connectivity index (χ0v) is 10.5. The average molecular weight is 300 g/mol. The Morgan fingerprint density at radius 2 is 1.58 bits per heavy atom. The van der Waals surface area contributed by atoms with E-state index in [-0.39, 0.29) is 17.0 Å². The van der Waals surface area contributed by atoms with Crippen molar-refractivity contribution < 1.29 is 21.5 Å². The van der Waals surface area contributed by atoms with Crippen molar-refractivity contribution in [1.29, 1.82) is 0 Å². The highest BCUT2D eigenvalue weighted by Gasteiger charge is 2.37. The highest BCUT2D eigenvalue weighted by Crippen LogP contribution is 2.19. The van der Waals surface area contributed by atoms with Gasteiger partial charge in [-0.05, 0) is 0 Å². The average Bonchev–Trinajstić information content (AvgIpc) is 2.07. The molecule has 0 atom stereocenters. The second-order valence-electron chi connectivity index (χ2n) is 3.77. The normalized spacial score (nSPS) is 39.2. The molecule has 0 saturated carbocycles. The summed E-state index contributed by atoms with van der Waals surface area (Å²) >= 11 is 3.55. The Kier molecular flexibility index (Phi) is 4.02. The molecule has 0 N–H and O–H groups in total. The van der Waals surface area contributed by atoms with Crippen LogP contribution in [-0.4, -0.2) is 60.5 Å². The topological polar surface area (TPSA) is 3.24 Å². The molecule has 0 aromatic rings. The molecule has 0 spiro atoms. The van der Waals surface area contributed by atoms with Gasteiger partial charge in [0.25, 0.3) is 0 Å². The summed E-state index contributed by atoms with van der Waals surface area (Å²) in [6, 6.07) is 0. The first-order chi connectivity index (χ1) is 5.35.